The van der Waals surface area contributed by atoms with E-state index in [0.29, 0.717) is 15.6 Å². The van der Waals surface area contributed by atoms with E-state index in [1.165, 1.54) is 11.3 Å². The number of carbonyl (C=O) groups is 1. The molecule has 2 aromatic carbocycles. The monoisotopic (exact) mass is 356 g/mol. The Morgan fingerprint density at radius 2 is 2.04 bits per heavy atom. The van der Waals surface area contributed by atoms with Crippen molar-refractivity contribution >= 4 is 39.1 Å². The average Bonchev–Trinajstić information content (AvgIpc) is 2.93. The fourth-order valence-corrected chi connectivity index (χ4v) is 3.62. The van der Waals surface area contributed by atoms with Crippen LogP contribution in [-0.2, 0) is 11.3 Å². The van der Waals surface area contributed by atoms with Crippen LogP contribution in [0.1, 0.15) is 0 Å². The first-order valence-electron chi connectivity index (χ1n) is 7.16. The molecule has 0 aliphatic rings. The third-order valence-corrected chi connectivity index (χ3v) is 4.58. The van der Waals surface area contributed by atoms with Crippen LogP contribution in [0.4, 0.5) is 0 Å². The fraction of sp³-hybridized carbons (Fsp3) is 0.111. The van der Waals surface area contributed by atoms with Crippen LogP contribution in [0.2, 0.25) is 5.02 Å². The number of rotatable bonds is 4. The number of carbonyl (C=O) groups excluding carboxylic acids is 1. The van der Waals surface area contributed by atoms with Crippen molar-refractivity contribution in [3.05, 3.63) is 58.4 Å². The second kappa shape index (κ2) is 7.35. The molecule has 0 aliphatic heterocycles. The van der Waals surface area contributed by atoms with Crippen LogP contribution in [0.5, 0.6) is 5.75 Å². The van der Waals surface area contributed by atoms with Gasteiger partial charge in [-0.1, -0.05) is 53.1 Å². The zero-order chi connectivity index (χ0) is 16.9. The van der Waals surface area contributed by atoms with Crippen LogP contribution in [0.3, 0.4) is 0 Å². The maximum absolute atomic E-state index is 12.1. The number of hydrogen-bond acceptors (Lipinski definition) is 3. The average molecular weight is 357 g/mol. The van der Waals surface area contributed by atoms with Crippen LogP contribution < -0.4 is 9.54 Å². The molecule has 0 unspecified atom stereocenters. The van der Waals surface area contributed by atoms with Crippen molar-refractivity contribution in [2.24, 2.45) is 4.99 Å². The molecule has 3 rings (SSSR count). The Hall–Kier alpha value is -2.55. The van der Waals surface area contributed by atoms with Crippen molar-refractivity contribution in [2.45, 2.75) is 6.54 Å². The third-order valence-electron chi connectivity index (χ3n) is 3.23. The van der Waals surface area contributed by atoms with Gasteiger partial charge in [-0.25, -0.2) is 0 Å². The Labute approximate surface area is 148 Å². The zero-order valence-electron chi connectivity index (χ0n) is 12.6. The highest BCUT2D eigenvalue weighted by atomic mass is 35.5. The molecule has 0 aliphatic carbocycles. The van der Waals surface area contributed by atoms with Crippen molar-refractivity contribution in [2.75, 3.05) is 6.61 Å². The molecule has 0 fully saturated rings. The number of terminal acetylenes is 1. The standard InChI is InChI=1S/C18H13ClN2O2S/c1-2-11-21-17-14(19)9-6-10-15(17)24-18(21)20-16(22)12-23-13-7-4-3-5-8-13/h1,3-10H,11-12H2. The summed E-state index contributed by atoms with van der Waals surface area (Å²) in [7, 11) is 0. The lowest BCUT2D eigenvalue weighted by Crippen LogP contribution is -2.19. The molecule has 0 spiro atoms. The number of para-hydroxylation sites is 2. The minimum atomic E-state index is -0.382. The summed E-state index contributed by atoms with van der Waals surface area (Å²) in [6.45, 7) is 0.150. The molecule has 3 aromatic rings. The minimum Gasteiger partial charge on any atom is -0.484 e. The van der Waals surface area contributed by atoms with Crippen molar-refractivity contribution in [1.29, 1.82) is 0 Å². The summed E-state index contributed by atoms with van der Waals surface area (Å²) >= 11 is 7.62. The van der Waals surface area contributed by atoms with E-state index < -0.39 is 0 Å². The SMILES string of the molecule is C#CCn1c(=NC(=O)COc2ccccc2)sc2cccc(Cl)c21. The normalized spacial score (nSPS) is 11.4. The Morgan fingerprint density at radius 3 is 2.79 bits per heavy atom. The molecule has 6 heteroatoms. The Kier molecular flexibility index (Phi) is 4.99. The van der Waals surface area contributed by atoms with Gasteiger partial charge in [-0.2, -0.15) is 4.99 Å². The largest absolute Gasteiger partial charge is 0.484 e. The molecule has 0 radical (unpaired) electrons. The highest BCUT2D eigenvalue weighted by Crippen LogP contribution is 2.25. The summed E-state index contributed by atoms with van der Waals surface area (Å²) < 4.78 is 8.11. The molecule has 1 heterocycles. The van der Waals surface area contributed by atoms with Crippen LogP contribution in [0.25, 0.3) is 10.2 Å². The van der Waals surface area contributed by atoms with Crippen molar-refractivity contribution in [3.63, 3.8) is 0 Å². The number of fused-ring (bicyclic) bond motifs is 1. The molecule has 1 amide bonds. The maximum atomic E-state index is 12.1. The first kappa shape index (κ1) is 16.3. The Morgan fingerprint density at radius 1 is 1.25 bits per heavy atom. The van der Waals surface area contributed by atoms with Crippen LogP contribution in [-0.4, -0.2) is 17.1 Å². The number of nitrogens with zero attached hydrogens (tertiary/aromatic N) is 2. The summed E-state index contributed by atoms with van der Waals surface area (Å²) in [6.07, 6.45) is 5.43. The number of thiazole rings is 1. The number of amides is 1. The van der Waals surface area contributed by atoms with Gasteiger partial charge in [-0.3, -0.25) is 4.79 Å². The molecule has 24 heavy (non-hydrogen) atoms. The predicted molar refractivity (Wildman–Crippen MR) is 96.2 cm³/mol. The first-order chi connectivity index (χ1) is 11.7. The molecule has 1 aromatic heterocycles. The van der Waals surface area contributed by atoms with E-state index in [2.05, 4.69) is 10.9 Å². The summed E-state index contributed by atoms with van der Waals surface area (Å²) in [5.74, 6) is 2.81. The van der Waals surface area contributed by atoms with Gasteiger partial charge in [0, 0.05) is 0 Å². The molecule has 120 valence electrons. The third kappa shape index (κ3) is 3.51. The summed E-state index contributed by atoms with van der Waals surface area (Å²) in [6, 6.07) is 14.7. The van der Waals surface area contributed by atoms with Gasteiger partial charge in [0.05, 0.1) is 21.8 Å². The van der Waals surface area contributed by atoms with E-state index in [9.17, 15) is 4.79 Å². The lowest BCUT2D eigenvalue weighted by atomic mass is 10.3. The maximum Gasteiger partial charge on any atom is 0.286 e. The van der Waals surface area contributed by atoms with E-state index in [0.717, 1.165) is 10.2 Å². The molecule has 0 N–H and O–H groups in total. The van der Waals surface area contributed by atoms with E-state index in [4.69, 9.17) is 22.8 Å². The summed E-state index contributed by atoms with van der Waals surface area (Å²) in [4.78, 5) is 16.8. The molecule has 4 nitrogen and oxygen atoms in total. The Bertz CT molecular complexity index is 984. The highest BCUT2D eigenvalue weighted by Gasteiger charge is 2.10. The lowest BCUT2D eigenvalue weighted by Gasteiger charge is -2.03. The minimum absolute atomic E-state index is 0.137. The molecule has 0 bridgehead atoms. The van der Waals surface area contributed by atoms with Crippen LogP contribution in [0.15, 0.2) is 53.5 Å². The van der Waals surface area contributed by atoms with E-state index >= 15 is 0 Å². The van der Waals surface area contributed by atoms with Gasteiger partial charge in [-0.15, -0.1) is 6.42 Å². The van der Waals surface area contributed by atoms with Gasteiger partial charge < -0.3 is 9.30 Å². The number of aromatic nitrogens is 1. The Balaban J connectivity index is 1.91. The van der Waals surface area contributed by atoms with Crippen molar-refractivity contribution in [3.8, 4) is 18.1 Å². The van der Waals surface area contributed by atoms with Gasteiger partial charge >= 0.3 is 0 Å². The lowest BCUT2D eigenvalue weighted by molar-refractivity contribution is -0.120. The topological polar surface area (TPSA) is 43.6 Å². The zero-order valence-corrected chi connectivity index (χ0v) is 14.2. The summed E-state index contributed by atoms with van der Waals surface area (Å²) in [5, 5.41) is 0.577. The second-order valence-electron chi connectivity index (χ2n) is 4.87. The molecular formula is C18H13ClN2O2S. The molecule has 0 saturated heterocycles. The van der Waals surface area contributed by atoms with Crippen molar-refractivity contribution in [1.82, 2.24) is 4.57 Å². The number of benzene rings is 2. The number of ether oxygens (including phenoxy) is 1. The number of halogens is 1. The van der Waals surface area contributed by atoms with Crippen LogP contribution in [0, 0.1) is 12.3 Å². The smallest absolute Gasteiger partial charge is 0.286 e. The van der Waals surface area contributed by atoms with Crippen molar-refractivity contribution < 1.29 is 9.53 Å². The highest BCUT2D eigenvalue weighted by molar-refractivity contribution is 7.16. The van der Waals surface area contributed by atoms with Gasteiger partial charge in [-0.05, 0) is 24.3 Å². The first-order valence-corrected chi connectivity index (χ1v) is 8.35. The van der Waals surface area contributed by atoms with Gasteiger partial charge in [0.2, 0.25) is 0 Å². The van der Waals surface area contributed by atoms with Gasteiger partial charge in [0.15, 0.2) is 11.4 Å². The van der Waals surface area contributed by atoms with Gasteiger partial charge in [0.1, 0.15) is 5.75 Å². The molecule has 0 atom stereocenters. The quantitative estimate of drug-likeness (QED) is 0.671. The predicted octanol–water partition coefficient (Wildman–Crippen LogP) is 3.50. The molecule has 0 saturated carbocycles. The van der Waals surface area contributed by atoms with E-state index in [1.807, 2.05) is 30.3 Å². The van der Waals surface area contributed by atoms with Gasteiger partial charge in [0.25, 0.3) is 5.91 Å². The molecular weight excluding hydrogens is 344 g/mol. The van der Waals surface area contributed by atoms with E-state index in [1.54, 1.807) is 22.8 Å². The second-order valence-corrected chi connectivity index (χ2v) is 6.29. The van der Waals surface area contributed by atoms with E-state index in [-0.39, 0.29) is 19.1 Å². The van der Waals surface area contributed by atoms with Crippen LogP contribution >= 0.6 is 22.9 Å². The summed E-state index contributed by atoms with van der Waals surface area (Å²) in [5.41, 5.74) is 0.789. The number of hydrogen-bond donors (Lipinski definition) is 0. The fourth-order valence-electron chi connectivity index (χ4n) is 2.21.